The van der Waals surface area contributed by atoms with Crippen molar-refractivity contribution < 1.29 is 19.4 Å². The minimum Gasteiger partial charge on any atom is -0.465 e. The number of carbonyl (C=O) groups excluding carboxylic acids is 1. The number of benzene rings is 2. The Labute approximate surface area is 193 Å². The van der Waals surface area contributed by atoms with Crippen molar-refractivity contribution in [2.75, 3.05) is 6.61 Å². The smallest absolute Gasteiger partial charge is 0.326 e. The molecule has 0 radical (unpaired) electrons. The lowest BCUT2D eigenvalue weighted by atomic mass is 9.85. The van der Waals surface area contributed by atoms with Gasteiger partial charge in [0.25, 0.3) is 11.4 Å². The van der Waals surface area contributed by atoms with E-state index in [9.17, 15) is 25.0 Å². The molecule has 11 heteroatoms. The minimum absolute atomic E-state index is 0.0539. The van der Waals surface area contributed by atoms with Gasteiger partial charge in [0.05, 0.1) is 16.5 Å². The van der Waals surface area contributed by atoms with E-state index in [-0.39, 0.29) is 30.8 Å². The highest BCUT2D eigenvalue weighted by atomic mass is 127. The third-order valence-corrected chi connectivity index (χ3v) is 6.20. The summed E-state index contributed by atoms with van der Waals surface area (Å²) < 4.78 is 6.38. The summed E-state index contributed by atoms with van der Waals surface area (Å²) in [5.41, 5.74) is 6.27. The molecule has 9 nitrogen and oxygen atoms in total. The fourth-order valence-corrected chi connectivity index (χ4v) is 4.13. The molecule has 0 atom stereocenters. The summed E-state index contributed by atoms with van der Waals surface area (Å²) in [7, 11) is 0. The summed E-state index contributed by atoms with van der Waals surface area (Å²) in [6.07, 6.45) is 0.185. The minimum atomic E-state index is -1.44. The van der Waals surface area contributed by atoms with Crippen LogP contribution in [0.4, 0.5) is 11.4 Å². The first kappa shape index (κ1) is 23.4. The van der Waals surface area contributed by atoms with Crippen LogP contribution < -0.4 is 5.73 Å². The van der Waals surface area contributed by atoms with Crippen molar-refractivity contribution in [2.24, 2.45) is 5.73 Å². The van der Waals surface area contributed by atoms with Gasteiger partial charge in [-0.15, -0.1) is 0 Å². The number of rotatable bonds is 8. The molecule has 0 aliphatic carbocycles. The molecule has 0 bridgehead atoms. The van der Waals surface area contributed by atoms with E-state index in [1.54, 1.807) is 19.1 Å². The Morgan fingerprint density at radius 3 is 1.72 bits per heavy atom. The van der Waals surface area contributed by atoms with Crippen LogP contribution in [0.5, 0.6) is 0 Å². The van der Waals surface area contributed by atoms with Crippen molar-refractivity contribution in [3.8, 4) is 0 Å². The number of ether oxygens (including phenoxy) is 1. The van der Waals surface area contributed by atoms with E-state index in [1.165, 1.54) is 24.3 Å². The fraction of sp³-hybridized carbons (Fsp3) is 0.278. The number of hydrogen-bond donors (Lipinski definition) is 1. The zero-order chi connectivity index (χ0) is 21.8. The molecule has 2 aromatic rings. The fourth-order valence-electron chi connectivity index (χ4n) is 2.75. The van der Waals surface area contributed by atoms with Gasteiger partial charge in [0.1, 0.15) is 5.54 Å². The van der Waals surface area contributed by atoms with Gasteiger partial charge in [-0.05, 0) is 63.2 Å². The molecule has 0 spiro atoms. The summed E-state index contributed by atoms with van der Waals surface area (Å²) in [5, 5.41) is 21.9. The largest absolute Gasteiger partial charge is 0.465 e. The lowest BCUT2D eigenvalue weighted by Crippen LogP contribution is -2.53. The Bertz CT molecular complexity index is 901. The monoisotopic (exact) mass is 625 g/mol. The van der Waals surface area contributed by atoms with Gasteiger partial charge in [0.2, 0.25) is 0 Å². The third kappa shape index (κ3) is 5.82. The number of nitro groups is 2. The first-order valence-electron chi connectivity index (χ1n) is 8.39. The normalized spacial score (nSPS) is 11.2. The lowest BCUT2D eigenvalue weighted by Gasteiger charge is -2.28. The SMILES string of the molecule is CCOC(=O)C(N)(Cc1ccc([N+](=O)[O-])cc1I)Cc1ccc([N+](=O)[O-])cc1I. The van der Waals surface area contributed by atoms with E-state index in [0.717, 1.165) is 0 Å². The molecular formula is C18H17I2N3O6. The van der Waals surface area contributed by atoms with Crippen LogP contribution in [-0.2, 0) is 22.4 Å². The standard InChI is InChI=1S/C18H17I2N3O6/c1-2-29-17(24)18(21,9-11-3-5-13(22(25)26)7-15(11)19)10-12-4-6-14(23(27)28)8-16(12)20/h3-8H,2,9-10,21H2,1H3. The number of halogens is 2. The number of nitro benzene ring substituents is 2. The molecule has 0 unspecified atom stereocenters. The van der Waals surface area contributed by atoms with Gasteiger partial charge in [0, 0.05) is 44.2 Å². The number of nitrogens with zero attached hydrogens (tertiary/aromatic N) is 2. The van der Waals surface area contributed by atoms with Crippen molar-refractivity contribution in [3.63, 3.8) is 0 Å². The first-order valence-corrected chi connectivity index (χ1v) is 10.5. The summed E-state index contributed by atoms with van der Waals surface area (Å²) in [5.74, 6) is -0.608. The number of nitrogens with two attached hydrogens (primary N) is 1. The zero-order valence-corrected chi connectivity index (χ0v) is 19.6. The summed E-state index contributed by atoms with van der Waals surface area (Å²) in [6, 6.07) is 8.69. The highest BCUT2D eigenvalue weighted by molar-refractivity contribution is 14.1. The molecule has 2 aromatic carbocycles. The molecule has 2 N–H and O–H groups in total. The van der Waals surface area contributed by atoms with E-state index in [0.29, 0.717) is 18.3 Å². The molecule has 0 saturated heterocycles. The van der Waals surface area contributed by atoms with Crippen molar-refractivity contribution in [3.05, 3.63) is 74.9 Å². The Balaban J connectivity index is 2.40. The van der Waals surface area contributed by atoms with E-state index < -0.39 is 21.4 Å². The van der Waals surface area contributed by atoms with Crippen molar-refractivity contribution in [1.82, 2.24) is 0 Å². The van der Waals surface area contributed by atoms with Crippen LogP contribution in [0.1, 0.15) is 18.1 Å². The van der Waals surface area contributed by atoms with Gasteiger partial charge in [-0.3, -0.25) is 25.0 Å². The number of carbonyl (C=O) groups is 1. The van der Waals surface area contributed by atoms with Gasteiger partial charge < -0.3 is 10.5 Å². The third-order valence-electron chi connectivity index (χ3n) is 4.19. The summed E-state index contributed by atoms with van der Waals surface area (Å²) in [6.45, 7) is 1.82. The average molecular weight is 625 g/mol. The van der Waals surface area contributed by atoms with E-state index >= 15 is 0 Å². The molecule has 0 saturated carbocycles. The van der Waals surface area contributed by atoms with Crippen molar-refractivity contribution in [1.29, 1.82) is 0 Å². The Kier molecular flexibility index (Phi) is 7.87. The summed E-state index contributed by atoms with van der Waals surface area (Å²) >= 11 is 3.93. The zero-order valence-electron chi connectivity index (χ0n) is 15.3. The predicted molar refractivity (Wildman–Crippen MR) is 123 cm³/mol. The molecule has 0 amide bonds. The van der Waals surface area contributed by atoms with Crippen molar-refractivity contribution >= 4 is 62.5 Å². The maximum atomic E-state index is 12.7. The molecule has 0 aromatic heterocycles. The molecule has 29 heavy (non-hydrogen) atoms. The topological polar surface area (TPSA) is 139 Å². The summed E-state index contributed by atoms with van der Waals surface area (Å²) in [4.78, 5) is 33.6. The van der Waals surface area contributed by atoms with Crippen LogP contribution in [0.15, 0.2) is 36.4 Å². The second-order valence-electron chi connectivity index (χ2n) is 6.30. The molecule has 0 aliphatic heterocycles. The van der Waals surface area contributed by atoms with E-state index in [4.69, 9.17) is 10.5 Å². The van der Waals surface area contributed by atoms with Crippen LogP contribution in [-0.4, -0.2) is 28.0 Å². The maximum absolute atomic E-state index is 12.7. The van der Waals surface area contributed by atoms with E-state index in [2.05, 4.69) is 0 Å². The molecule has 154 valence electrons. The highest BCUT2D eigenvalue weighted by Crippen LogP contribution is 2.28. The second-order valence-corrected chi connectivity index (χ2v) is 8.62. The molecular weight excluding hydrogens is 608 g/mol. The molecule has 0 heterocycles. The number of hydrogen-bond acceptors (Lipinski definition) is 7. The van der Waals surface area contributed by atoms with Gasteiger partial charge in [-0.2, -0.15) is 0 Å². The van der Waals surface area contributed by atoms with Gasteiger partial charge in [0.15, 0.2) is 0 Å². The number of esters is 1. The Hall–Kier alpha value is -1.87. The Morgan fingerprint density at radius 2 is 1.41 bits per heavy atom. The molecule has 0 fully saturated rings. The second kappa shape index (κ2) is 9.75. The van der Waals surface area contributed by atoms with Crippen molar-refractivity contribution in [2.45, 2.75) is 25.3 Å². The van der Waals surface area contributed by atoms with Gasteiger partial charge in [-0.25, -0.2) is 0 Å². The van der Waals surface area contributed by atoms with E-state index in [1.807, 2.05) is 45.2 Å². The first-order chi connectivity index (χ1) is 13.6. The highest BCUT2D eigenvalue weighted by Gasteiger charge is 2.37. The lowest BCUT2D eigenvalue weighted by molar-refractivity contribution is -0.385. The van der Waals surface area contributed by atoms with Crippen LogP contribution in [0.25, 0.3) is 0 Å². The van der Waals surface area contributed by atoms with Crippen LogP contribution in [0, 0.1) is 27.4 Å². The van der Waals surface area contributed by atoms with Crippen LogP contribution in [0.3, 0.4) is 0 Å². The predicted octanol–water partition coefficient (Wildman–Crippen LogP) is 3.76. The average Bonchev–Trinajstić information content (AvgIpc) is 2.65. The van der Waals surface area contributed by atoms with Crippen LogP contribution >= 0.6 is 45.2 Å². The van der Waals surface area contributed by atoms with Gasteiger partial charge in [-0.1, -0.05) is 12.1 Å². The van der Waals surface area contributed by atoms with Gasteiger partial charge >= 0.3 is 5.97 Å². The quantitative estimate of drug-likeness (QED) is 0.204. The Morgan fingerprint density at radius 1 is 1.00 bits per heavy atom. The maximum Gasteiger partial charge on any atom is 0.326 e. The van der Waals surface area contributed by atoms with Crippen LogP contribution in [0.2, 0.25) is 0 Å². The molecule has 0 aliphatic rings. The number of non-ortho nitro benzene ring substituents is 2. The molecule has 2 rings (SSSR count).